The van der Waals surface area contributed by atoms with Crippen LogP contribution in [0.4, 0.5) is 5.69 Å². The number of halogens is 1. The summed E-state index contributed by atoms with van der Waals surface area (Å²) in [6, 6.07) is 15.2. The molecule has 4 rings (SSSR count). The second kappa shape index (κ2) is 7.60. The Bertz CT molecular complexity index is 1290. The standard InChI is InChI=1S/C22H16BrNO5/c1-12-3-2-4-16-21(27)20-17(25)9-15(10-18(20)29-22(12)16)28-11-19(26)24-14-7-5-13(23)6-8-14/h2-10,25H,11H2,1H3,(H,24,26). The van der Waals surface area contributed by atoms with Gasteiger partial charge < -0.3 is 19.6 Å². The molecule has 0 saturated carbocycles. The van der Waals surface area contributed by atoms with Crippen molar-refractivity contribution in [1.82, 2.24) is 0 Å². The Morgan fingerprint density at radius 2 is 1.93 bits per heavy atom. The number of phenols is 1. The van der Waals surface area contributed by atoms with E-state index in [-0.39, 0.29) is 40.4 Å². The number of carbonyl (C=O) groups is 1. The highest BCUT2D eigenvalue weighted by molar-refractivity contribution is 9.10. The monoisotopic (exact) mass is 453 g/mol. The lowest BCUT2D eigenvalue weighted by Crippen LogP contribution is -2.20. The molecule has 2 N–H and O–H groups in total. The SMILES string of the molecule is Cc1cccc2c(=O)c3c(O)cc(OCC(=O)Nc4ccc(Br)cc4)cc3oc12. The third-order valence-electron chi connectivity index (χ3n) is 4.45. The van der Waals surface area contributed by atoms with Crippen LogP contribution < -0.4 is 15.5 Å². The van der Waals surface area contributed by atoms with Crippen molar-refractivity contribution in [2.75, 3.05) is 11.9 Å². The molecule has 0 atom stereocenters. The van der Waals surface area contributed by atoms with E-state index in [4.69, 9.17) is 9.15 Å². The molecule has 0 aliphatic rings. The summed E-state index contributed by atoms with van der Waals surface area (Å²) >= 11 is 3.33. The van der Waals surface area contributed by atoms with Crippen molar-refractivity contribution >= 4 is 49.5 Å². The molecule has 0 aliphatic carbocycles. The number of rotatable bonds is 4. The van der Waals surface area contributed by atoms with Crippen LogP contribution in [0.1, 0.15) is 5.56 Å². The second-order valence-corrected chi connectivity index (χ2v) is 7.46. The van der Waals surface area contributed by atoms with Crippen LogP contribution in [0.25, 0.3) is 21.9 Å². The molecule has 0 aliphatic heterocycles. The van der Waals surface area contributed by atoms with Gasteiger partial charge in [-0.2, -0.15) is 0 Å². The van der Waals surface area contributed by atoms with Crippen molar-refractivity contribution in [1.29, 1.82) is 0 Å². The first kappa shape index (κ1) is 19.0. The highest BCUT2D eigenvalue weighted by Crippen LogP contribution is 2.31. The largest absolute Gasteiger partial charge is 0.507 e. The minimum atomic E-state index is -0.359. The molecule has 146 valence electrons. The number of fused-ring (bicyclic) bond motifs is 2. The average molecular weight is 454 g/mol. The molecule has 0 radical (unpaired) electrons. The van der Waals surface area contributed by atoms with Crippen molar-refractivity contribution in [2.24, 2.45) is 0 Å². The Balaban J connectivity index is 1.60. The van der Waals surface area contributed by atoms with Gasteiger partial charge in [0.05, 0.1) is 5.39 Å². The van der Waals surface area contributed by atoms with Gasteiger partial charge in [0.1, 0.15) is 28.1 Å². The van der Waals surface area contributed by atoms with Gasteiger partial charge in [0, 0.05) is 22.3 Å². The third-order valence-corrected chi connectivity index (χ3v) is 4.98. The molecular weight excluding hydrogens is 438 g/mol. The maximum atomic E-state index is 12.7. The topological polar surface area (TPSA) is 88.8 Å². The van der Waals surface area contributed by atoms with Gasteiger partial charge in [-0.15, -0.1) is 0 Å². The van der Waals surface area contributed by atoms with Gasteiger partial charge in [-0.1, -0.05) is 28.1 Å². The first-order valence-corrected chi connectivity index (χ1v) is 9.59. The molecule has 3 aromatic carbocycles. The average Bonchev–Trinajstić information content (AvgIpc) is 2.69. The van der Waals surface area contributed by atoms with Crippen LogP contribution in [0.15, 0.2) is 68.3 Å². The Morgan fingerprint density at radius 3 is 2.69 bits per heavy atom. The van der Waals surface area contributed by atoms with E-state index in [1.165, 1.54) is 12.1 Å². The number of aromatic hydroxyl groups is 1. The second-order valence-electron chi connectivity index (χ2n) is 6.54. The van der Waals surface area contributed by atoms with Gasteiger partial charge >= 0.3 is 0 Å². The lowest BCUT2D eigenvalue weighted by Gasteiger charge is -2.10. The number of para-hydroxylation sites is 1. The fourth-order valence-electron chi connectivity index (χ4n) is 3.06. The van der Waals surface area contributed by atoms with Crippen molar-refractivity contribution in [3.8, 4) is 11.5 Å². The lowest BCUT2D eigenvalue weighted by molar-refractivity contribution is -0.118. The third kappa shape index (κ3) is 3.82. The first-order chi connectivity index (χ1) is 13.9. The minimum absolute atomic E-state index is 0.0785. The molecule has 0 spiro atoms. The summed E-state index contributed by atoms with van der Waals surface area (Å²) in [5, 5.41) is 13.5. The van der Waals surface area contributed by atoms with Crippen LogP contribution in [0.5, 0.6) is 11.5 Å². The molecule has 6 nitrogen and oxygen atoms in total. The molecule has 1 amide bonds. The molecule has 29 heavy (non-hydrogen) atoms. The number of ether oxygens (including phenoxy) is 1. The van der Waals surface area contributed by atoms with Crippen molar-refractivity contribution in [3.05, 3.63) is 74.9 Å². The Kier molecular flexibility index (Phi) is 4.98. The Labute approximate surface area is 173 Å². The van der Waals surface area contributed by atoms with E-state index in [0.717, 1.165) is 10.0 Å². The zero-order chi connectivity index (χ0) is 20.5. The molecule has 1 heterocycles. The molecule has 0 saturated heterocycles. The zero-order valence-corrected chi connectivity index (χ0v) is 16.9. The van der Waals surface area contributed by atoms with Crippen LogP contribution in [-0.2, 0) is 4.79 Å². The van der Waals surface area contributed by atoms with Gasteiger partial charge in [0.2, 0.25) is 5.43 Å². The number of hydrogen-bond donors (Lipinski definition) is 2. The summed E-state index contributed by atoms with van der Waals surface area (Å²) in [4.78, 5) is 24.8. The number of nitrogens with one attached hydrogen (secondary N) is 1. The fourth-order valence-corrected chi connectivity index (χ4v) is 3.32. The quantitative estimate of drug-likeness (QED) is 0.435. The van der Waals surface area contributed by atoms with Crippen molar-refractivity contribution in [3.63, 3.8) is 0 Å². The smallest absolute Gasteiger partial charge is 0.262 e. The Hall–Kier alpha value is -3.32. The normalized spacial score (nSPS) is 11.0. The number of anilines is 1. The van der Waals surface area contributed by atoms with Crippen molar-refractivity contribution in [2.45, 2.75) is 6.92 Å². The van der Waals surface area contributed by atoms with E-state index < -0.39 is 0 Å². The van der Waals surface area contributed by atoms with Crippen LogP contribution >= 0.6 is 15.9 Å². The highest BCUT2D eigenvalue weighted by Gasteiger charge is 2.15. The van der Waals surface area contributed by atoms with Crippen LogP contribution in [0.2, 0.25) is 0 Å². The number of aryl methyl sites for hydroxylation is 1. The summed E-state index contributed by atoms with van der Waals surface area (Å²) in [5.41, 5.74) is 1.77. The predicted molar refractivity (Wildman–Crippen MR) is 115 cm³/mol. The summed E-state index contributed by atoms with van der Waals surface area (Å²) in [6.07, 6.45) is 0. The predicted octanol–water partition coefficient (Wildman–Crippen LogP) is 4.74. The highest BCUT2D eigenvalue weighted by atomic mass is 79.9. The summed E-state index contributed by atoms with van der Waals surface area (Å²) in [7, 11) is 0. The first-order valence-electron chi connectivity index (χ1n) is 8.80. The molecule has 0 fully saturated rings. The number of amides is 1. The van der Waals surface area contributed by atoms with Gasteiger partial charge in [-0.25, -0.2) is 0 Å². The van der Waals surface area contributed by atoms with E-state index in [2.05, 4.69) is 21.2 Å². The maximum Gasteiger partial charge on any atom is 0.262 e. The number of hydrogen-bond acceptors (Lipinski definition) is 5. The van der Waals surface area contributed by atoms with E-state index in [1.54, 1.807) is 24.3 Å². The maximum absolute atomic E-state index is 12.7. The Morgan fingerprint density at radius 1 is 1.17 bits per heavy atom. The molecular formula is C22H16BrNO5. The summed E-state index contributed by atoms with van der Waals surface area (Å²) in [5.74, 6) is -0.400. The molecule has 0 bridgehead atoms. The van der Waals surface area contributed by atoms with Crippen molar-refractivity contribution < 1.29 is 19.1 Å². The number of benzene rings is 3. The summed E-state index contributed by atoms with van der Waals surface area (Å²) < 4.78 is 12.2. The van der Waals surface area contributed by atoms with E-state index in [1.807, 2.05) is 25.1 Å². The summed E-state index contributed by atoms with van der Waals surface area (Å²) in [6.45, 7) is 1.57. The van der Waals surface area contributed by atoms with E-state index >= 15 is 0 Å². The van der Waals surface area contributed by atoms with Gasteiger partial charge in [-0.05, 0) is 42.8 Å². The van der Waals surface area contributed by atoms with E-state index in [0.29, 0.717) is 16.7 Å². The van der Waals surface area contributed by atoms with Gasteiger partial charge in [-0.3, -0.25) is 9.59 Å². The minimum Gasteiger partial charge on any atom is -0.507 e. The zero-order valence-electron chi connectivity index (χ0n) is 15.4. The van der Waals surface area contributed by atoms with Crippen LogP contribution in [0.3, 0.4) is 0 Å². The molecule has 4 aromatic rings. The molecule has 0 unspecified atom stereocenters. The number of phenolic OH excluding ortho intramolecular Hbond substituents is 1. The van der Waals surface area contributed by atoms with Crippen LogP contribution in [-0.4, -0.2) is 17.6 Å². The van der Waals surface area contributed by atoms with Crippen LogP contribution in [0, 0.1) is 6.92 Å². The number of carbonyl (C=O) groups excluding carboxylic acids is 1. The van der Waals surface area contributed by atoms with E-state index in [9.17, 15) is 14.7 Å². The lowest BCUT2D eigenvalue weighted by atomic mass is 10.1. The molecule has 7 heteroatoms. The molecule has 1 aromatic heterocycles. The fraction of sp³-hybridized carbons (Fsp3) is 0.0909. The van der Waals surface area contributed by atoms with Gasteiger partial charge in [0.15, 0.2) is 6.61 Å². The van der Waals surface area contributed by atoms with Gasteiger partial charge in [0.25, 0.3) is 5.91 Å².